The van der Waals surface area contributed by atoms with Crippen molar-refractivity contribution in [2.45, 2.75) is 55.4 Å². The van der Waals surface area contributed by atoms with Gasteiger partial charge in [0.15, 0.2) is 5.13 Å². The van der Waals surface area contributed by atoms with Crippen LogP contribution in [-0.2, 0) is 9.53 Å². The molecule has 0 bridgehead atoms. The average Bonchev–Trinajstić information content (AvgIpc) is 3.45. The minimum atomic E-state index is 0.122. The Balaban J connectivity index is 1.18. The summed E-state index contributed by atoms with van der Waals surface area (Å²) >= 11 is 3.38. The van der Waals surface area contributed by atoms with Crippen LogP contribution in [0.3, 0.4) is 0 Å². The molecule has 1 aliphatic heterocycles. The van der Waals surface area contributed by atoms with E-state index in [-0.39, 0.29) is 17.9 Å². The highest BCUT2D eigenvalue weighted by Gasteiger charge is 2.55. The number of rotatable bonds is 6. The number of thiazole rings is 1. The van der Waals surface area contributed by atoms with E-state index in [9.17, 15) is 4.79 Å². The number of amides is 1. The predicted molar refractivity (Wildman–Crippen MR) is 136 cm³/mol. The molecule has 3 aromatic rings. The predicted octanol–water partition coefficient (Wildman–Crippen LogP) is 6.50. The summed E-state index contributed by atoms with van der Waals surface area (Å²) in [7, 11) is 0. The van der Waals surface area contributed by atoms with Crippen molar-refractivity contribution in [3.63, 3.8) is 0 Å². The Bertz CT molecular complexity index is 1140. The maximum atomic E-state index is 13.7. The first-order valence-corrected chi connectivity index (χ1v) is 14.1. The van der Waals surface area contributed by atoms with Gasteiger partial charge in [-0.1, -0.05) is 41.7 Å². The van der Waals surface area contributed by atoms with Gasteiger partial charge in [0, 0.05) is 17.4 Å². The number of benzene rings is 2. The summed E-state index contributed by atoms with van der Waals surface area (Å²) in [6, 6.07) is 17.2. The van der Waals surface area contributed by atoms with E-state index < -0.39 is 0 Å². The van der Waals surface area contributed by atoms with Crippen molar-refractivity contribution in [3.8, 4) is 0 Å². The van der Waals surface area contributed by atoms with Gasteiger partial charge in [0.25, 0.3) is 0 Å². The number of hydrogen-bond donors (Lipinski definition) is 0. The minimum absolute atomic E-state index is 0.122. The second-order valence-electron chi connectivity index (χ2n) is 10.0. The summed E-state index contributed by atoms with van der Waals surface area (Å²) in [5.74, 6) is 1.04. The molecule has 0 radical (unpaired) electrons. The normalized spacial score (nSPS) is 28.6. The van der Waals surface area contributed by atoms with Crippen LogP contribution >= 0.6 is 23.1 Å². The van der Waals surface area contributed by atoms with Crippen molar-refractivity contribution in [2.24, 2.45) is 11.3 Å². The van der Waals surface area contributed by atoms with Crippen LogP contribution in [0.4, 0.5) is 5.13 Å². The number of aromatic nitrogens is 1. The topological polar surface area (TPSA) is 42.4 Å². The number of thioether (sulfide) groups is 1. The zero-order valence-corrected chi connectivity index (χ0v) is 20.7. The van der Waals surface area contributed by atoms with Gasteiger partial charge < -0.3 is 4.74 Å². The SMILES string of the molecule is CSc1ccc2nc(N(CC3CCCO3)C(=O)C3CC4(C3)CC(c3ccccc3)C4)sc2c1. The highest BCUT2D eigenvalue weighted by atomic mass is 32.2. The lowest BCUT2D eigenvalue weighted by Crippen LogP contribution is -2.53. The molecular weight excluding hydrogens is 448 g/mol. The molecule has 172 valence electrons. The zero-order valence-electron chi connectivity index (χ0n) is 19.0. The first kappa shape index (κ1) is 21.6. The smallest absolute Gasteiger partial charge is 0.232 e. The standard InChI is InChI=1S/C27H30N2O2S2/c1-32-22-9-10-23-24(12-22)33-26(28-23)29(17-21-8-5-11-31-21)25(30)20-15-27(16-20)13-19(14-27)18-6-3-2-4-7-18/h2-4,6-7,9-10,12,19-21H,5,8,11,13-17H2,1H3. The van der Waals surface area contributed by atoms with Crippen LogP contribution in [0, 0.1) is 11.3 Å². The van der Waals surface area contributed by atoms with Gasteiger partial charge in [-0.25, -0.2) is 4.98 Å². The number of carbonyl (C=O) groups excluding carboxylic acids is 1. The molecule has 3 aliphatic rings. The molecule has 1 unspecified atom stereocenters. The summed E-state index contributed by atoms with van der Waals surface area (Å²) in [4.78, 5) is 21.8. The first-order valence-electron chi connectivity index (χ1n) is 12.0. The molecule has 1 aromatic heterocycles. The maximum Gasteiger partial charge on any atom is 0.232 e. The molecule has 1 amide bonds. The van der Waals surface area contributed by atoms with Crippen LogP contribution in [0.15, 0.2) is 53.4 Å². The van der Waals surface area contributed by atoms with Crippen LogP contribution in [-0.4, -0.2) is 36.4 Å². The van der Waals surface area contributed by atoms with E-state index in [1.807, 2.05) is 4.90 Å². The Hall–Kier alpha value is -1.89. The van der Waals surface area contributed by atoms with Crippen molar-refractivity contribution in [1.82, 2.24) is 4.98 Å². The average molecular weight is 479 g/mol. The fraction of sp³-hybridized carbons (Fsp3) is 0.481. The van der Waals surface area contributed by atoms with Gasteiger partial charge in [-0.2, -0.15) is 0 Å². The van der Waals surface area contributed by atoms with Crippen molar-refractivity contribution in [1.29, 1.82) is 0 Å². The fourth-order valence-electron chi connectivity index (χ4n) is 6.05. The second kappa shape index (κ2) is 8.71. The molecule has 6 heteroatoms. The van der Waals surface area contributed by atoms with Crippen LogP contribution in [0.2, 0.25) is 0 Å². The Labute approximate surface area is 203 Å². The van der Waals surface area contributed by atoms with Gasteiger partial charge >= 0.3 is 0 Å². The summed E-state index contributed by atoms with van der Waals surface area (Å²) in [5.41, 5.74) is 2.82. The molecule has 2 aliphatic carbocycles. The Morgan fingerprint density at radius 2 is 2.00 bits per heavy atom. The van der Waals surface area contributed by atoms with E-state index >= 15 is 0 Å². The summed E-state index contributed by atoms with van der Waals surface area (Å²) in [6.07, 6.45) is 8.83. The van der Waals surface area contributed by atoms with Gasteiger partial charge in [0.1, 0.15) is 0 Å². The third kappa shape index (κ3) is 4.11. The molecular formula is C27H30N2O2S2. The van der Waals surface area contributed by atoms with Crippen LogP contribution in [0.25, 0.3) is 10.2 Å². The van der Waals surface area contributed by atoms with Crippen LogP contribution in [0.5, 0.6) is 0 Å². The minimum Gasteiger partial charge on any atom is -0.376 e. The lowest BCUT2D eigenvalue weighted by molar-refractivity contribution is -0.135. The third-order valence-corrected chi connectivity index (χ3v) is 9.60. The summed E-state index contributed by atoms with van der Waals surface area (Å²) in [6.45, 7) is 1.43. The van der Waals surface area contributed by atoms with Gasteiger partial charge in [0.2, 0.25) is 5.91 Å². The first-order chi connectivity index (χ1) is 16.1. The van der Waals surface area contributed by atoms with Crippen LogP contribution < -0.4 is 4.90 Å². The number of fused-ring (bicyclic) bond motifs is 1. The van der Waals surface area contributed by atoms with Gasteiger partial charge in [-0.3, -0.25) is 9.69 Å². The summed E-state index contributed by atoms with van der Waals surface area (Å²) < 4.78 is 7.06. The highest BCUT2D eigenvalue weighted by molar-refractivity contribution is 7.98. The Morgan fingerprint density at radius 3 is 2.73 bits per heavy atom. The van der Waals surface area contributed by atoms with E-state index in [0.717, 1.165) is 47.6 Å². The monoisotopic (exact) mass is 478 g/mol. The van der Waals surface area contributed by atoms with Gasteiger partial charge in [0.05, 0.1) is 22.9 Å². The van der Waals surface area contributed by atoms with E-state index in [0.29, 0.717) is 17.9 Å². The highest BCUT2D eigenvalue weighted by Crippen LogP contribution is 2.64. The molecule has 1 spiro atoms. The molecule has 0 N–H and O–H groups in total. The number of hydrogen-bond acceptors (Lipinski definition) is 5. The zero-order chi connectivity index (χ0) is 22.4. The molecule has 6 rings (SSSR count). The number of ether oxygens (including phenoxy) is 1. The fourth-order valence-corrected chi connectivity index (χ4v) is 7.58. The number of carbonyl (C=O) groups is 1. The number of anilines is 1. The number of nitrogens with zero attached hydrogens (tertiary/aromatic N) is 2. The van der Waals surface area contributed by atoms with Crippen LogP contribution in [0.1, 0.15) is 50.0 Å². The molecule has 3 fully saturated rings. The quantitative estimate of drug-likeness (QED) is 0.379. The van der Waals surface area contributed by atoms with Crippen molar-refractivity contribution < 1.29 is 9.53 Å². The van der Waals surface area contributed by atoms with Gasteiger partial charge in [-0.15, -0.1) is 11.8 Å². The molecule has 2 heterocycles. The third-order valence-electron chi connectivity index (χ3n) is 7.83. The van der Waals surface area contributed by atoms with Crippen molar-refractivity contribution in [3.05, 3.63) is 54.1 Å². The largest absolute Gasteiger partial charge is 0.376 e. The maximum absolute atomic E-state index is 13.7. The molecule has 33 heavy (non-hydrogen) atoms. The van der Waals surface area contributed by atoms with E-state index in [1.54, 1.807) is 23.1 Å². The van der Waals surface area contributed by atoms with Crippen molar-refractivity contribution >= 4 is 44.4 Å². The van der Waals surface area contributed by atoms with Crippen molar-refractivity contribution in [2.75, 3.05) is 24.3 Å². The van der Waals surface area contributed by atoms with Gasteiger partial charge in [-0.05, 0) is 79.9 Å². The lowest BCUT2D eigenvalue weighted by atomic mass is 9.47. The molecule has 2 saturated carbocycles. The Morgan fingerprint density at radius 1 is 1.18 bits per heavy atom. The lowest BCUT2D eigenvalue weighted by Gasteiger charge is -2.58. The Kier molecular flexibility index (Phi) is 5.71. The van der Waals surface area contributed by atoms with E-state index in [2.05, 4.69) is 54.8 Å². The second-order valence-corrected chi connectivity index (χ2v) is 11.9. The summed E-state index contributed by atoms with van der Waals surface area (Å²) in [5, 5.41) is 0.834. The van der Waals surface area contributed by atoms with E-state index in [4.69, 9.17) is 9.72 Å². The van der Waals surface area contributed by atoms with E-state index in [1.165, 1.54) is 23.3 Å². The molecule has 4 nitrogen and oxygen atoms in total. The molecule has 2 aromatic carbocycles. The molecule has 1 saturated heterocycles. The molecule has 1 atom stereocenters.